The first-order chi connectivity index (χ1) is 17.9. The van der Waals surface area contributed by atoms with Crippen LogP contribution in [0, 0.1) is 23.7 Å². The highest BCUT2D eigenvalue weighted by Crippen LogP contribution is 2.63. The van der Waals surface area contributed by atoms with Crippen LogP contribution < -0.4 is 10.5 Å². The van der Waals surface area contributed by atoms with E-state index in [-0.39, 0.29) is 29.8 Å². The van der Waals surface area contributed by atoms with E-state index in [0.29, 0.717) is 16.0 Å². The van der Waals surface area contributed by atoms with Gasteiger partial charge in [-0.05, 0) is 36.5 Å². The Morgan fingerprint density at radius 3 is 2.55 bits per heavy atom. The van der Waals surface area contributed by atoms with Crippen LogP contribution in [0.4, 0.5) is 4.79 Å². The monoisotopic (exact) mass is 625 g/mol. The number of carbonyl (C=O) groups is 5. The quantitative estimate of drug-likeness (QED) is 0.226. The molecule has 0 spiro atoms. The Bertz CT molecular complexity index is 1370. The lowest BCUT2D eigenvalue weighted by Gasteiger charge is -2.49. The number of methoxy groups -OCH3 is 1. The molecule has 1 saturated carbocycles. The largest absolute Gasteiger partial charge is 0.504 e. The Kier molecular flexibility index (Phi) is 6.39. The molecule has 38 heavy (non-hydrogen) atoms. The zero-order valence-corrected chi connectivity index (χ0v) is 23.0. The number of rotatable bonds is 4. The van der Waals surface area contributed by atoms with Crippen LogP contribution in [0.1, 0.15) is 18.4 Å². The number of benzene rings is 1. The minimum absolute atomic E-state index is 0.0649. The minimum atomic E-state index is -1.94. The van der Waals surface area contributed by atoms with Crippen LogP contribution in [0.15, 0.2) is 35.9 Å². The van der Waals surface area contributed by atoms with Gasteiger partial charge in [-0.2, -0.15) is 4.90 Å². The molecule has 4 aliphatic rings. The zero-order valence-electron chi connectivity index (χ0n) is 19.9. The molecular weight excluding hydrogens is 605 g/mol. The van der Waals surface area contributed by atoms with E-state index in [1.54, 1.807) is 30.4 Å². The highest BCUT2D eigenvalue weighted by atomic mass is 79.9. The first-order valence-electron chi connectivity index (χ1n) is 11.6. The van der Waals surface area contributed by atoms with E-state index in [1.165, 1.54) is 13.2 Å². The third-order valence-corrected chi connectivity index (χ3v) is 9.91. The van der Waals surface area contributed by atoms with E-state index in [1.807, 2.05) is 0 Å². The number of allylic oxidation sites excluding steroid dienone is 3. The molecule has 13 heteroatoms. The van der Waals surface area contributed by atoms with Crippen molar-refractivity contribution in [1.29, 1.82) is 0 Å². The molecule has 6 atom stereocenters. The summed E-state index contributed by atoms with van der Waals surface area (Å²) in [5.41, 5.74) is 6.35. The van der Waals surface area contributed by atoms with Gasteiger partial charge in [0, 0.05) is 5.92 Å². The van der Waals surface area contributed by atoms with Gasteiger partial charge in [-0.1, -0.05) is 45.8 Å². The van der Waals surface area contributed by atoms with Crippen LogP contribution >= 0.6 is 39.1 Å². The molecule has 1 aromatic rings. The third kappa shape index (κ3) is 3.41. The Labute approximate surface area is 235 Å². The molecule has 0 bridgehead atoms. The molecule has 0 aromatic heterocycles. The van der Waals surface area contributed by atoms with E-state index < -0.39 is 63.1 Å². The number of ether oxygens (including phenoxy) is 1. The second-order valence-electron chi connectivity index (χ2n) is 9.67. The van der Waals surface area contributed by atoms with Gasteiger partial charge in [0.25, 0.3) is 11.8 Å². The number of fused-ring (bicyclic) bond motifs is 4. The summed E-state index contributed by atoms with van der Waals surface area (Å²) in [6.07, 6.45) is 4.94. The maximum absolute atomic E-state index is 13.6. The molecule has 0 radical (unpaired) electrons. The van der Waals surface area contributed by atoms with Gasteiger partial charge in [0.1, 0.15) is 0 Å². The number of hydrogen-bond donors (Lipinski definition) is 2. The van der Waals surface area contributed by atoms with E-state index in [9.17, 15) is 29.1 Å². The third-order valence-electron chi connectivity index (χ3n) is 7.98. The number of imide groups is 4. The number of phenolic OH excluding ortho intramolecular Hbond substituents is 1. The van der Waals surface area contributed by atoms with Crippen LogP contribution in [0.3, 0.4) is 0 Å². The standard InChI is InChI=1S/C25H22BrCl2N3O7/c1-38-17-8-11(3-7-16(17)32)2-6-15-12-4-5-13-18(20(34)31(19(13)33)23(29)37)14(12)9-24(27)21(35)30(10-26)22(36)25(15,24)28/h2-4,6-8,13-15,18,32H,5,9-10H2,1H3,(H2,29,37). The second kappa shape index (κ2) is 9.10. The Hall–Kier alpha value is -2.89. The molecule has 200 valence electrons. The Morgan fingerprint density at radius 1 is 1.21 bits per heavy atom. The smallest absolute Gasteiger partial charge is 0.328 e. The number of hydrogen-bond acceptors (Lipinski definition) is 7. The lowest BCUT2D eigenvalue weighted by Crippen LogP contribution is -2.60. The predicted molar refractivity (Wildman–Crippen MR) is 139 cm³/mol. The molecule has 2 aliphatic carbocycles. The molecule has 6 amide bonds. The summed E-state index contributed by atoms with van der Waals surface area (Å²) in [7, 11) is 1.40. The van der Waals surface area contributed by atoms with Crippen LogP contribution in [0.5, 0.6) is 11.5 Å². The highest BCUT2D eigenvalue weighted by Gasteiger charge is 2.75. The van der Waals surface area contributed by atoms with Crippen molar-refractivity contribution in [3.8, 4) is 11.5 Å². The molecular formula is C25H22BrCl2N3O7. The van der Waals surface area contributed by atoms with Gasteiger partial charge < -0.3 is 15.6 Å². The molecule has 2 aliphatic heterocycles. The number of carbonyl (C=O) groups excluding carboxylic acids is 5. The van der Waals surface area contributed by atoms with E-state index >= 15 is 0 Å². The summed E-state index contributed by atoms with van der Waals surface area (Å²) in [5.74, 6) is -6.26. The lowest BCUT2D eigenvalue weighted by atomic mass is 9.57. The topological polar surface area (TPSA) is 147 Å². The Morgan fingerprint density at radius 2 is 1.92 bits per heavy atom. The predicted octanol–water partition coefficient (Wildman–Crippen LogP) is 2.74. The number of aromatic hydroxyl groups is 1. The number of likely N-dealkylation sites (tertiary alicyclic amines) is 2. The molecule has 10 nitrogen and oxygen atoms in total. The summed E-state index contributed by atoms with van der Waals surface area (Å²) < 4.78 is 5.16. The van der Waals surface area contributed by atoms with E-state index in [0.717, 1.165) is 4.90 Å². The van der Waals surface area contributed by atoms with Crippen LogP contribution in [-0.4, -0.2) is 66.9 Å². The molecule has 3 fully saturated rings. The van der Waals surface area contributed by atoms with Crippen molar-refractivity contribution in [3.63, 3.8) is 0 Å². The zero-order chi connectivity index (χ0) is 27.7. The number of urea groups is 1. The summed E-state index contributed by atoms with van der Waals surface area (Å²) in [5, 5.41) is 9.93. The van der Waals surface area contributed by atoms with Gasteiger partial charge in [0.15, 0.2) is 21.2 Å². The fraction of sp³-hybridized carbons (Fsp3) is 0.400. The van der Waals surface area contributed by atoms with Gasteiger partial charge in [-0.3, -0.25) is 24.1 Å². The first-order valence-corrected chi connectivity index (χ1v) is 13.5. The number of alkyl halides is 3. The first kappa shape index (κ1) is 26.7. The van der Waals surface area contributed by atoms with Crippen LogP contribution in [0.25, 0.3) is 6.08 Å². The summed E-state index contributed by atoms with van der Waals surface area (Å²) in [4.78, 5) is 62.6. The summed E-state index contributed by atoms with van der Waals surface area (Å²) in [6.45, 7) is 0. The van der Waals surface area contributed by atoms with E-state index in [4.69, 9.17) is 33.7 Å². The van der Waals surface area contributed by atoms with Crippen molar-refractivity contribution in [2.75, 3.05) is 12.6 Å². The van der Waals surface area contributed by atoms with Gasteiger partial charge in [0.05, 0.1) is 24.4 Å². The number of primary amides is 1. The van der Waals surface area contributed by atoms with E-state index in [2.05, 4.69) is 15.9 Å². The molecule has 3 N–H and O–H groups in total. The summed E-state index contributed by atoms with van der Waals surface area (Å²) in [6, 6.07) is 3.45. The number of phenols is 1. The number of halogens is 3. The SMILES string of the molecule is COc1cc(C=CC2C3=CCC4C(=O)N(C(N)=O)C(=O)C4C3CC3(Cl)C(=O)N(CBr)C(=O)C23Cl)ccc1O. The average molecular weight is 627 g/mol. The van der Waals surface area contributed by atoms with Crippen molar-refractivity contribution in [2.24, 2.45) is 29.4 Å². The fourth-order valence-electron chi connectivity index (χ4n) is 6.22. The van der Waals surface area contributed by atoms with Gasteiger partial charge in [-0.25, -0.2) is 4.79 Å². The summed E-state index contributed by atoms with van der Waals surface area (Å²) >= 11 is 17.2. The Balaban J connectivity index is 1.65. The van der Waals surface area contributed by atoms with Crippen molar-refractivity contribution in [3.05, 3.63) is 41.5 Å². The molecule has 1 aromatic carbocycles. The lowest BCUT2D eigenvalue weighted by molar-refractivity contribution is -0.139. The van der Waals surface area contributed by atoms with Crippen molar-refractivity contribution >= 4 is 74.9 Å². The minimum Gasteiger partial charge on any atom is -0.504 e. The number of nitrogens with zero attached hydrogens (tertiary/aromatic N) is 2. The number of amides is 6. The van der Waals surface area contributed by atoms with Gasteiger partial charge >= 0.3 is 6.03 Å². The van der Waals surface area contributed by atoms with Crippen molar-refractivity contribution in [2.45, 2.75) is 22.6 Å². The normalized spacial score (nSPS) is 34.4. The van der Waals surface area contributed by atoms with Crippen molar-refractivity contribution < 1.29 is 33.8 Å². The maximum atomic E-state index is 13.6. The fourth-order valence-corrected chi connectivity index (χ4v) is 7.60. The molecule has 2 heterocycles. The van der Waals surface area contributed by atoms with Crippen molar-refractivity contribution in [1.82, 2.24) is 9.80 Å². The molecule has 5 rings (SSSR count). The second-order valence-corrected chi connectivity index (χ2v) is 11.4. The van der Waals surface area contributed by atoms with Gasteiger partial charge in [0.2, 0.25) is 11.8 Å². The van der Waals surface area contributed by atoms with Crippen LogP contribution in [0.2, 0.25) is 0 Å². The van der Waals surface area contributed by atoms with Crippen LogP contribution in [-0.2, 0) is 19.2 Å². The molecule has 2 saturated heterocycles. The van der Waals surface area contributed by atoms with Gasteiger partial charge in [-0.15, -0.1) is 23.2 Å². The molecule has 6 unspecified atom stereocenters. The average Bonchev–Trinajstić information content (AvgIpc) is 3.22. The maximum Gasteiger partial charge on any atom is 0.328 e. The number of nitrogens with two attached hydrogens (primary N) is 1. The highest BCUT2D eigenvalue weighted by molar-refractivity contribution is 9.09.